The van der Waals surface area contributed by atoms with E-state index >= 15 is 0 Å². The molecule has 1 aliphatic rings. The minimum atomic E-state index is -0.173. The second kappa shape index (κ2) is 7.01. The number of amides is 1. The Morgan fingerprint density at radius 1 is 1.21 bits per heavy atom. The van der Waals surface area contributed by atoms with Crippen LogP contribution in [0.4, 0.5) is 5.69 Å². The first-order valence-corrected chi connectivity index (χ1v) is 9.12. The number of carbonyl (C=O) groups is 2. The quantitative estimate of drug-likeness (QED) is 0.397. The molecule has 0 aliphatic carbocycles. The number of rotatable bonds is 3. The van der Waals surface area contributed by atoms with Crippen molar-refractivity contribution in [2.24, 2.45) is 0 Å². The van der Waals surface area contributed by atoms with Gasteiger partial charge in [0, 0.05) is 10.0 Å². The fourth-order valence-electron chi connectivity index (χ4n) is 2.26. The van der Waals surface area contributed by atoms with Gasteiger partial charge in [-0.15, -0.1) is 0 Å². The molecule has 0 radical (unpaired) electrons. The normalized spacial score (nSPS) is 16.1. The van der Waals surface area contributed by atoms with Crippen molar-refractivity contribution in [3.63, 3.8) is 0 Å². The van der Waals surface area contributed by atoms with Crippen molar-refractivity contribution in [3.05, 3.63) is 69.0 Å². The lowest BCUT2D eigenvalue weighted by molar-refractivity contribution is -0.113. The molecule has 3 rings (SSSR count). The highest BCUT2D eigenvalue weighted by Crippen LogP contribution is 2.36. The van der Waals surface area contributed by atoms with Gasteiger partial charge >= 0.3 is 0 Å². The average molecular weight is 418 g/mol. The van der Waals surface area contributed by atoms with E-state index in [2.05, 4.69) is 15.9 Å². The second-order valence-corrected chi connectivity index (χ2v) is 7.77. The van der Waals surface area contributed by atoms with Gasteiger partial charge in [-0.2, -0.15) is 0 Å². The third-order valence-electron chi connectivity index (χ3n) is 3.47. The first-order valence-electron chi connectivity index (χ1n) is 7.10. The zero-order valence-electron chi connectivity index (χ0n) is 12.7. The number of ketones is 1. The summed E-state index contributed by atoms with van der Waals surface area (Å²) in [4.78, 5) is 26.3. The van der Waals surface area contributed by atoms with Crippen LogP contribution < -0.4 is 4.90 Å². The Bertz CT molecular complexity index is 875. The summed E-state index contributed by atoms with van der Waals surface area (Å²) in [6, 6.07) is 14.6. The molecule has 0 unspecified atom stereocenters. The third kappa shape index (κ3) is 3.50. The Kier molecular flexibility index (Phi) is 4.99. The summed E-state index contributed by atoms with van der Waals surface area (Å²) in [5, 5.41) is 0. The van der Waals surface area contributed by atoms with Crippen molar-refractivity contribution in [2.45, 2.75) is 6.92 Å². The van der Waals surface area contributed by atoms with Crippen molar-refractivity contribution in [3.8, 4) is 0 Å². The predicted molar refractivity (Wildman–Crippen MR) is 106 cm³/mol. The van der Waals surface area contributed by atoms with E-state index in [9.17, 15) is 9.59 Å². The lowest BCUT2D eigenvalue weighted by Crippen LogP contribution is -2.27. The smallest absolute Gasteiger partial charge is 0.270 e. The SMILES string of the molecule is CC(=O)c1cccc(N2C(=O)C(=Cc3ccc(Br)cc3)SC2=S)c1. The first-order chi connectivity index (χ1) is 11.5. The highest BCUT2D eigenvalue weighted by atomic mass is 79.9. The van der Waals surface area contributed by atoms with Gasteiger partial charge in [-0.25, -0.2) is 0 Å². The first kappa shape index (κ1) is 17.1. The lowest BCUT2D eigenvalue weighted by Gasteiger charge is -2.15. The summed E-state index contributed by atoms with van der Waals surface area (Å²) < 4.78 is 1.44. The molecule has 1 amide bonds. The predicted octanol–water partition coefficient (Wildman–Crippen LogP) is 5.06. The zero-order valence-corrected chi connectivity index (χ0v) is 15.9. The van der Waals surface area contributed by atoms with Gasteiger partial charge in [0.25, 0.3) is 5.91 Å². The fraction of sp³-hybridized carbons (Fsp3) is 0.0556. The number of benzene rings is 2. The van der Waals surface area contributed by atoms with Crippen LogP contribution in [0.2, 0.25) is 0 Å². The molecule has 24 heavy (non-hydrogen) atoms. The van der Waals surface area contributed by atoms with Gasteiger partial charge < -0.3 is 0 Å². The van der Waals surface area contributed by atoms with Crippen LogP contribution in [0.15, 0.2) is 57.9 Å². The molecule has 0 spiro atoms. The Hall–Kier alpha value is -1.76. The molecule has 1 aliphatic heterocycles. The number of thiocarbonyl (C=S) groups is 1. The number of nitrogens with zero attached hydrogens (tertiary/aromatic N) is 1. The van der Waals surface area contributed by atoms with E-state index in [4.69, 9.17) is 12.2 Å². The van der Waals surface area contributed by atoms with Crippen LogP contribution in [0, 0.1) is 0 Å². The van der Waals surface area contributed by atoms with E-state index in [0.717, 1.165) is 10.0 Å². The summed E-state index contributed by atoms with van der Waals surface area (Å²) in [6.45, 7) is 1.50. The molecule has 120 valence electrons. The maximum atomic E-state index is 12.7. The molecule has 2 aromatic rings. The van der Waals surface area contributed by atoms with Crippen molar-refractivity contribution in [1.29, 1.82) is 0 Å². The average Bonchev–Trinajstić information content (AvgIpc) is 2.83. The summed E-state index contributed by atoms with van der Waals surface area (Å²) >= 11 is 10.0. The molecule has 1 fully saturated rings. The van der Waals surface area contributed by atoms with E-state index in [0.29, 0.717) is 20.5 Å². The number of halogens is 1. The van der Waals surface area contributed by atoms with Crippen molar-refractivity contribution >= 4 is 67.7 Å². The van der Waals surface area contributed by atoms with Gasteiger partial charge in [-0.1, -0.05) is 64.2 Å². The maximum Gasteiger partial charge on any atom is 0.270 e. The Morgan fingerprint density at radius 3 is 2.58 bits per heavy atom. The summed E-state index contributed by atoms with van der Waals surface area (Å²) in [7, 11) is 0. The van der Waals surface area contributed by atoms with E-state index in [1.807, 2.05) is 30.3 Å². The number of anilines is 1. The number of Topliss-reactive ketones (excluding diaryl/α,β-unsaturated/α-hetero) is 1. The van der Waals surface area contributed by atoms with Gasteiger partial charge in [0.1, 0.15) is 0 Å². The molecule has 2 aromatic carbocycles. The minimum Gasteiger partial charge on any atom is -0.295 e. The summed E-state index contributed by atoms with van der Waals surface area (Å²) in [6.07, 6.45) is 1.82. The van der Waals surface area contributed by atoms with E-state index in [-0.39, 0.29) is 11.7 Å². The molecule has 0 atom stereocenters. The molecule has 0 bridgehead atoms. The molecule has 3 nitrogen and oxygen atoms in total. The van der Waals surface area contributed by atoms with Crippen molar-refractivity contribution in [1.82, 2.24) is 0 Å². The van der Waals surface area contributed by atoms with E-state index < -0.39 is 0 Å². The standard InChI is InChI=1S/C18H12BrNO2S2/c1-11(21)13-3-2-4-15(10-13)20-17(22)16(24-18(20)23)9-12-5-7-14(19)8-6-12/h2-10H,1H3. The number of carbonyl (C=O) groups excluding carboxylic acids is 2. The van der Waals surface area contributed by atoms with Gasteiger partial charge in [0.2, 0.25) is 0 Å². The van der Waals surface area contributed by atoms with Gasteiger partial charge in [0.15, 0.2) is 10.1 Å². The molecule has 1 saturated heterocycles. The van der Waals surface area contributed by atoms with Crippen molar-refractivity contribution < 1.29 is 9.59 Å². The highest BCUT2D eigenvalue weighted by molar-refractivity contribution is 9.10. The number of thioether (sulfide) groups is 1. The topological polar surface area (TPSA) is 37.4 Å². The number of hydrogen-bond donors (Lipinski definition) is 0. The van der Waals surface area contributed by atoms with E-state index in [1.54, 1.807) is 24.3 Å². The Morgan fingerprint density at radius 2 is 1.92 bits per heavy atom. The van der Waals surface area contributed by atoms with Crippen LogP contribution in [0.3, 0.4) is 0 Å². The van der Waals surface area contributed by atoms with Crippen LogP contribution >= 0.6 is 39.9 Å². The molecule has 0 aromatic heterocycles. The van der Waals surface area contributed by atoms with Gasteiger partial charge in [-0.05, 0) is 42.8 Å². The molecule has 1 heterocycles. The molecule has 0 saturated carbocycles. The van der Waals surface area contributed by atoms with Crippen LogP contribution in [0.1, 0.15) is 22.8 Å². The molecule has 0 N–H and O–H groups in total. The maximum absolute atomic E-state index is 12.7. The van der Waals surface area contributed by atoms with E-state index in [1.165, 1.54) is 23.6 Å². The van der Waals surface area contributed by atoms with Crippen molar-refractivity contribution in [2.75, 3.05) is 4.90 Å². The lowest BCUT2D eigenvalue weighted by atomic mass is 10.1. The molecular weight excluding hydrogens is 406 g/mol. The second-order valence-electron chi connectivity index (χ2n) is 5.18. The minimum absolute atomic E-state index is 0.0484. The largest absolute Gasteiger partial charge is 0.295 e. The fourth-order valence-corrected chi connectivity index (χ4v) is 3.83. The van der Waals surface area contributed by atoms with Crippen LogP contribution in [0.25, 0.3) is 6.08 Å². The summed E-state index contributed by atoms with van der Waals surface area (Å²) in [5.74, 6) is -0.221. The Labute approximate surface area is 157 Å². The van der Waals surface area contributed by atoms with Crippen LogP contribution in [0.5, 0.6) is 0 Å². The van der Waals surface area contributed by atoms with Gasteiger partial charge in [0.05, 0.1) is 10.6 Å². The molecule has 6 heteroatoms. The number of hydrogen-bond acceptors (Lipinski definition) is 4. The highest BCUT2D eigenvalue weighted by Gasteiger charge is 2.33. The summed E-state index contributed by atoms with van der Waals surface area (Å²) in [5.41, 5.74) is 2.10. The van der Waals surface area contributed by atoms with Crippen LogP contribution in [-0.4, -0.2) is 16.0 Å². The third-order valence-corrected chi connectivity index (χ3v) is 5.30. The molecular formula is C18H12BrNO2S2. The van der Waals surface area contributed by atoms with Gasteiger partial charge in [-0.3, -0.25) is 14.5 Å². The zero-order chi connectivity index (χ0) is 17.3. The monoisotopic (exact) mass is 417 g/mol. The Balaban J connectivity index is 1.93. The van der Waals surface area contributed by atoms with Crippen LogP contribution in [-0.2, 0) is 4.79 Å².